The topological polar surface area (TPSA) is 60.0 Å². The molecule has 0 radical (unpaired) electrons. The van der Waals surface area contributed by atoms with Gasteiger partial charge in [-0.25, -0.2) is 0 Å². The lowest BCUT2D eigenvalue weighted by atomic mass is 10.1. The van der Waals surface area contributed by atoms with Crippen LogP contribution >= 0.6 is 0 Å². The second kappa shape index (κ2) is 8.07. The molecule has 128 valence electrons. The van der Waals surface area contributed by atoms with Crippen LogP contribution < -0.4 is 14.8 Å². The fraction of sp³-hybridized carbons (Fsp3) is 0.533. The number of methoxy groups -OCH3 is 1. The summed E-state index contributed by atoms with van der Waals surface area (Å²) >= 11 is 0. The average Bonchev–Trinajstić information content (AvgIpc) is 2.54. The zero-order valence-corrected chi connectivity index (χ0v) is 13.1. The number of morpholine rings is 1. The van der Waals surface area contributed by atoms with Crippen LogP contribution in [-0.4, -0.2) is 57.4 Å². The first-order valence-electron chi connectivity index (χ1n) is 7.19. The standard InChI is InChI=1S/C15H20F2N2O4/c1-19(14(20)11-9-22-6-5-18-11)8-10-3-4-12(21-2)13(7-10)23-15(16)17/h3-4,7,11,15,18H,5-6,8-9H2,1-2H3. The summed E-state index contributed by atoms with van der Waals surface area (Å²) in [5.41, 5.74) is 0.661. The van der Waals surface area contributed by atoms with E-state index in [0.717, 1.165) is 0 Å². The van der Waals surface area contributed by atoms with E-state index < -0.39 is 6.61 Å². The number of amides is 1. The van der Waals surface area contributed by atoms with Crippen LogP contribution in [0.15, 0.2) is 18.2 Å². The highest BCUT2D eigenvalue weighted by Gasteiger charge is 2.24. The van der Waals surface area contributed by atoms with E-state index in [4.69, 9.17) is 9.47 Å². The van der Waals surface area contributed by atoms with Gasteiger partial charge in [0.25, 0.3) is 0 Å². The molecule has 0 aliphatic carbocycles. The summed E-state index contributed by atoms with van der Waals surface area (Å²) < 4.78 is 39.6. The number of carbonyl (C=O) groups is 1. The highest BCUT2D eigenvalue weighted by Crippen LogP contribution is 2.29. The zero-order valence-electron chi connectivity index (χ0n) is 13.1. The number of hydrogen-bond acceptors (Lipinski definition) is 5. The monoisotopic (exact) mass is 330 g/mol. The van der Waals surface area contributed by atoms with Crippen molar-refractivity contribution in [3.05, 3.63) is 23.8 Å². The predicted octanol–water partition coefficient (Wildman–Crippen LogP) is 1.24. The summed E-state index contributed by atoms with van der Waals surface area (Å²) in [7, 11) is 3.02. The van der Waals surface area contributed by atoms with Gasteiger partial charge in [0.05, 0.1) is 20.3 Å². The maximum atomic E-state index is 12.4. The quantitative estimate of drug-likeness (QED) is 0.850. The van der Waals surface area contributed by atoms with Crippen molar-refractivity contribution in [2.45, 2.75) is 19.2 Å². The van der Waals surface area contributed by atoms with E-state index in [9.17, 15) is 13.6 Å². The summed E-state index contributed by atoms with van der Waals surface area (Å²) in [6.07, 6.45) is 0. The Morgan fingerprint density at radius 3 is 2.87 bits per heavy atom. The normalized spacial score (nSPS) is 17.9. The van der Waals surface area contributed by atoms with E-state index in [1.165, 1.54) is 24.1 Å². The van der Waals surface area contributed by atoms with Crippen LogP contribution in [0.25, 0.3) is 0 Å². The molecule has 1 amide bonds. The third-order valence-electron chi connectivity index (χ3n) is 3.46. The first kappa shape index (κ1) is 17.4. The maximum Gasteiger partial charge on any atom is 0.387 e. The van der Waals surface area contributed by atoms with Crippen LogP contribution in [0, 0.1) is 0 Å². The van der Waals surface area contributed by atoms with Crippen LogP contribution in [0.3, 0.4) is 0 Å². The van der Waals surface area contributed by atoms with Gasteiger partial charge in [0.15, 0.2) is 11.5 Å². The lowest BCUT2D eigenvalue weighted by molar-refractivity contribution is -0.135. The lowest BCUT2D eigenvalue weighted by Crippen LogP contribution is -2.51. The minimum Gasteiger partial charge on any atom is -0.493 e. The van der Waals surface area contributed by atoms with Gasteiger partial charge in [-0.15, -0.1) is 0 Å². The van der Waals surface area contributed by atoms with Gasteiger partial charge in [-0.2, -0.15) is 8.78 Å². The molecule has 1 saturated heterocycles. The van der Waals surface area contributed by atoms with Crippen molar-refractivity contribution < 1.29 is 27.8 Å². The van der Waals surface area contributed by atoms with E-state index in [1.807, 2.05) is 0 Å². The van der Waals surface area contributed by atoms with E-state index in [2.05, 4.69) is 10.1 Å². The Morgan fingerprint density at radius 2 is 2.26 bits per heavy atom. The third kappa shape index (κ3) is 4.77. The molecule has 1 atom stereocenters. The molecule has 0 aromatic heterocycles. The lowest BCUT2D eigenvalue weighted by Gasteiger charge is -2.27. The minimum absolute atomic E-state index is 0.0556. The first-order chi connectivity index (χ1) is 11.0. The number of carbonyl (C=O) groups excluding carboxylic acids is 1. The molecule has 23 heavy (non-hydrogen) atoms. The van der Waals surface area contributed by atoms with Gasteiger partial charge in [-0.05, 0) is 17.7 Å². The van der Waals surface area contributed by atoms with Gasteiger partial charge >= 0.3 is 6.61 Å². The Hall–Kier alpha value is -1.93. The van der Waals surface area contributed by atoms with Crippen LogP contribution in [0.2, 0.25) is 0 Å². The number of ether oxygens (including phenoxy) is 3. The van der Waals surface area contributed by atoms with Gasteiger partial charge in [0.1, 0.15) is 6.04 Å². The molecule has 1 fully saturated rings. The molecule has 0 saturated carbocycles. The molecule has 1 aliphatic heterocycles. The first-order valence-corrected chi connectivity index (χ1v) is 7.19. The molecular weight excluding hydrogens is 310 g/mol. The molecule has 1 N–H and O–H groups in total. The molecule has 6 nitrogen and oxygen atoms in total. The van der Waals surface area contributed by atoms with Crippen LogP contribution in [0.5, 0.6) is 11.5 Å². The molecular formula is C15H20F2N2O4. The van der Waals surface area contributed by atoms with Gasteiger partial charge in [0.2, 0.25) is 5.91 Å². The number of nitrogens with one attached hydrogen (secondary N) is 1. The molecule has 2 rings (SSSR count). The van der Waals surface area contributed by atoms with E-state index in [0.29, 0.717) is 25.3 Å². The van der Waals surface area contributed by atoms with Crippen molar-refractivity contribution in [1.82, 2.24) is 10.2 Å². The second-order valence-electron chi connectivity index (χ2n) is 5.14. The Morgan fingerprint density at radius 1 is 1.48 bits per heavy atom. The number of halogens is 2. The van der Waals surface area contributed by atoms with Crippen molar-refractivity contribution in [3.63, 3.8) is 0 Å². The number of likely N-dealkylation sites (N-methyl/N-ethyl adjacent to an activating group) is 1. The Bertz CT molecular complexity index is 536. The molecule has 1 aliphatic rings. The van der Waals surface area contributed by atoms with Crippen molar-refractivity contribution in [2.24, 2.45) is 0 Å². The Labute approximate surface area is 133 Å². The Kier molecular flexibility index (Phi) is 6.12. The van der Waals surface area contributed by atoms with Crippen molar-refractivity contribution in [2.75, 3.05) is 33.9 Å². The number of hydrogen-bond donors (Lipinski definition) is 1. The number of rotatable bonds is 6. The summed E-state index contributed by atoms with van der Waals surface area (Å²) in [5, 5.41) is 3.08. The summed E-state index contributed by atoms with van der Waals surface area (Å²) in [6.45, 7) is -1.15. The predicted molar refractivity (Wildman–Crippen MR) is 78.7 cm³/mol. The van der Waals surface area contributed by atoms with Crippen molar-refractivity contribution in [3.8, 4) is 11.5 Å². The van der Waals surface area contributed by atoms with Gasteiger partial charge in [-0.1, -0.05) is 6.07 Å². The average molecular weight is 330 g/mol. The largest absolute Gasteiger partial charge is 0.493 e. The fourth-order valence-electron chi connectivity index (χ4n) is 2.35. The van der Waals surface area contributed by atoms with E-state index in [-0.39, 0.29) is 30.0 Å². The fourth-order valence-corrected chi connectivity index (χ4v) is 2.35. The van der Waals surface area contributed by atoms with Crippen LogP contribution in [-0.2, 0) is 16.1 Å². The smallest absolute Gasteiger partial charge is 0.387 e. The molecule has 1 unspecified atom stereocenters. The highest BCUT2D eigenvalue weighted by molar-refractivity contribution is 5.81. The summed E-state index contributed by atoms with van der Waals surface area (Å²) in [4.78, 5) is 13.8. The Balaban J connectivity index is 2.04. The van der Waals surface area contributed by atoms with Crippen molar-refractivity contribution in [1.29, 1.82) is 0 Å². The van der Waals surface area contributed by atoms with E-state index in [1.54, 1.807) is 13.1 Å². The van der Waals surface area contributed by atoms with Crippen molar-refractivity contribution >= 4 is 5.91 Å². The van der Waals surface area contributed by atoms with Gasteiger partial charge < -0.3 is 24.4 Å². The van der Waals surface area contributed by atoms with Gasteiger partial charge in [0, 0.05) is 20.1 Å². The molecule has 1 heterocycles. The van der Waals surface area contributed by atoms with E-state index >= 15 is 0 Å². The number of nitrogens with zero attached hydrogens (tertiary/aromatic N) is 1. The second-order valence-corrected chi connectivity index (χ2v) is 5.14. The van der Waals surface area contributed by atoms with Gasteiger partial charge in [-0.3, -0.25) is 4.79 Å². The SMILES string of the molecule is COc1ccc(CN(C)C(=O)C2COCCN2)cc1OC(F)F. The minimum atomic E-state index is -2.94. The molecule has 8 heteroatoms. The number of benzene rings is 1. The summed E-state index contributed by atoms with van der Waals surface area (Å²) in [5.74, 6) is 0.0437. The van der Waals surface area contributed by atoms with Crippen LogP contribution in [0.1, 0.15) is 5.56 Å². The molecule has 0 spiro atoms. The molecule has 1 aromatic rings. The summed E-state index contributed by atoms with van der Waals surface area (Å²) in [6, 6.07) is 4.29. The third-order valence-corrected chi connectivity index (χ3v) is 3.46. The maximum absolute atomic E-state index is 12.4. The number of alkyl halides is 2. The van der Waals surface area contributed by atoms with Crippen LogP contribution in [0.4, 0.5) is 8.78 Å². The zero-order chi connectivity index (χ0) is 16.8. The molecule has 0 bridgehead atoms. The highest BCUT2D eigenvalue weighted by atomic mass is 19.3. The molecule has 1 aromatic carbocycles.